The smallest absolute Gasteiger partial charge is 0.408 e. The Balaban J connectivity index is 2.62. The van der Waals surface area contributed by atoms with E-state index in [-0.39, 0.29) is 24.1 Å². The van der Waals surface area contributed by atoms with E-state index in [1.165, 1.54) is 12.1 Å². The number of ether oxygens (including phenoxy) is 1. The molecule has 0 aromatic heterocycles. The lowest BCUT2D eigenvalue weighted by molar-refractivity contribution is -0.145. The number of hydrogen-bond donors (Lipinski definition) is 3. The van der Waals surface area contributed by atoms with Crippen molar-refractivity contribution in [2.75, 3.05) is 0 Å². The summed E-state index contributed by atoms with van der Waals surface area (Å²) in [5, 5.41) is 15.5. The van der Waals surface area contributed by atoms with Gasteiger partial charge in [-0.3, -0.25) is 9.59 Å². The van der Waals surface area contributed by atoms with Crippen molar-refractivity contribution in [2.45, 2.75) is 105 Å². The molecule has 0 saturated heterocycles. The lowest BCUT2D eigenvalue weighted by Crippen LogP contribution is -2.57. The van der Waals surface area contributed by atoms with Crippen LogP contribution in [0.3, 0.4) is 0 Å². The Hall–Kier alpha value is -3.55. The number of phenolic OH excluding ortho intramolecular Hbond substituents is 1. The summed E-state index contributed by atoms with van der Waals surface area (Å²) in [7, 11) is 0. The second kappa shape index (κ2) is 12.5. The molecule has 214 valence electrons. The van der Waals surface area contributed by atoms with E-state index in [1.807, 2.05) is 66.7 Å². The van der Waals surface area contributed by atoms with Gasteiger partial charge in [-0.25, -0.2) is 4.79 Å². The molecule has 0 heterocycles. The SMILES string of the molecule is Cc1cccc(C(C(=O)NC(C)(C)C)N(C(=O)C(Cc2ccc(O)cc2)NC(=O)OC(C)(C)C)C(C)C)c1C. The van der Waals surface area contributed by atoms with Gasteiger partial charge in [0.05, 0.1) is 0 Å². The minimum Gasteiger partial charge on any atom is -0.508 e. The van der Waals surface area contributed by atoms with Gasteiger partial charge in [0.15, 0.2) is 0 Å². The quantitative estimate of drug-likeness (QED) is 0.420. The van der Waals surface area contributed by atoms with E-state index in [4.69, 9.17) is 4.74 Å². The lowest BCUT2D eigenvalue weighted by atomic mass is 9.93. The third kappa shape index (κ3) is 9.30. The van der Waals surface area contributed by atoms with Gasteiger partial charge in [-0.15, -0.1) is 0 Å². The zero-order chi connectivity index (χ0) is 29.7. The molecule has 8 heteroatoms. The van der Waals surface area contributed by atoms with E-state index in [1.54, 1.807) is 37.8 Å². The van der Waals surface area contributed by atoms with E-state index >= 15 is 0 Å². The molecule has 0 aliphatic heterocycles. The molecule has 39 heavy (non-hydrogen) atoms. The summed E-state index contributed by atoms with van der Waals surface area (Å²) in [5.74, 6) is -0.628. The van der Waals surface area contributed by atoms with Crippen molar-refractivity contribution in [3.05, 3.63) is 64.7 Å². The number of hydrogen-bond acceptors (Lipinski definition) is 5. The first-order valence-electron chi connectivity index (χ1n) is 13.4. The number of alkyl carbamates (subject to hydrolysis) is 1. The second-order valence-electron chi connectivity index (χ2n) is 12.3. The number of nitrogens with one attached hydrogen (secondary N) is 2. The normalized spacial score (nSPS) is 13.4. The number of benzene rings is 2. The number of rotatable bonds is 8. The van der Waals surface area contributed by atoms with E-state index in [0.29, 0.717) is 0 Å². The van der Waals surface area contributed by atoms with Crippen LogP contribution in [-0.2, 0) is 20.7 Å². The Labute approximate surface area is 233 Å². The fraction of sp³-hybridized carbons (Fsp3) is 0.516. The Bertz CT molecular complexity index is 1160. The largest absolute Gasteiger partial charge is 0.508 e. The highest BCUT2D eigenvalue weighted by atomic mass is 16.6. The molecule has 2 atom stereocenters. The van der Waals surface area contributed by atoms with Crippen LogP contribution in [0.25, 0.3) is 0 Å². The Morgan fingerprint density at radius 1 is 0.949 bits per heavy atom. The van der Waals surface area contributed by atoms with Crippen LogP contribution >= 0.6 is 0 Å². The van der Waals surface area contributed by atoms with Crippen molar-refractivity contribution in [2.24, 2.45) is 0 Å². The van der Waals surface area contributed by atoms with Gasteiger partial charge in [-0.05, 0) is 104 Å². The van der Waals surface area contributed by atoms with Gasteiger partial charge >= 0.3 is 6.09 Å². The number of amides is 3. The lowest BCUT2D eigenvalue weighted by Gasteiger charge is -2.39. The highest BCUT2D eigenvalue weighted by molar-refractivity contribution is 5.93. The van der Waals surface area contributed by atoms with Crippen LogP contribution in [0.1, 0.15) is 83.7 Å². The maximum Gasteiger partial charge on any atom is 0.408 e. The van der Waals surface area contributed by atoms with Crippen molar-refractivity contribution >= 4 is 17.9 Å². The molecular formula is C31H45N3O5. The third-order valence-electron chi connectivity index (χ3n) is 6.14. The van der Waals surface area contributed by atoms with Gasteiger partial charge < -0.3 is 25.4 Å². The summed E-state index contributed by atoms with van der Waals surface area (Å²) >= 11 is 0. The first kappa shape index (κ1) is 31.7. The van der Waals surface area contributed by atoms with Crippen molar-refractivity contribution in [3.63, 3.8) is 0 Å². The average molecular weight is 540 g/mol. The Morgan fingerprint density at radius 3 is 2.05 bits per heavy atom. The molecule has 0 radical (unpaired) electrons. The molecule has 0 aliphatic carbocycles. The molecule has 0 aliphatic rings. The van der Waals surface area contributed by atoms with Crippen LogP contribution in [0.4, 0.5) is 4.79 Å². The molecule has 2 unspecified atom stereocenters. The number of aryl methyl sites for hydroxylation is 1. The number of nitrogens with zero attached hydrogens (tertiary/aromatic N) is 1. The number of aromatic hydroxyl groups is 1. The van der Waals surface area contributed by atoms with Crippen molar-refractivity contribution in [1.82, 2.24) is 15.5 Å². The molecule has 0 bridgehead atoms. The maximum atomic E-state index is 14.4. The minimum absolute atomic E-state index is 0.0966. The van der Waals surface area contributed by atoms with Gasteiger partial charge in [0.2, 0.25) is 11.8 Å². The average Bonchev–Trinajstić information content (AvgIpc) is 2.77. The van der Waals surface area contributed by atoms with Gasteiger partial charge in [-0.2, -0.15) is 0 Å². The molecule has 2 rings (SSSR count). The van der Waals surface area contributed by atoms with E-state index in [9.17, 15) is 19.5 Å². The van der Waals surface area contributed by atoms with Gasteiger partial charge in [0.25, 0.3) is 0 Å². The fourth-order valence-electron chi connectivity index (χ4n) is 4.30. The number of carbonyl (C=O) groups is 3. The molecule has 0 spiro atoms. The topological polar surface area (TPSA) is 108 Å². The highest BCUT2D eigenvalue weighted by Gasteiger charge is 2.39. The summed E-state index contributed by atoms with van der Waals surface area (Å²) in [6.45, 7) is 18.5. The molecule has 2 aromatic rings. The zero-order valence-electron chi connectivity index (χ0n) is 25.0. The van der Waals surface area contributed by atoms with Crippen LogP contribution < -0.4 is 10.6 Å². The Kier molecular flexibility index (Phi) is 10.2. The fourth-order valence-corrected chi connectivity index (χ4v) is 4.30. The molecule has 3 amide bonds. The zero-order valence-corrected chi connectivity index (χ0v) is 25.0. The number of carbonyl (C=O) groups excluding carboxylic acids is 3. The van der Waals surface area contributed by atoms with Gasteiger partial charge in [0.1, 0.15) is 23.4 Å². The molecule has 3 N–H and O–H groups in total. The standard InChI is InChI=1S/C31H45N3O5/c1-19(2)34(26(27(36)33-30(5,6)7)24-13-11-12-20(3)21(24)4)28(37)25(32-29(38)39-31(8,9)10)18-22-14-16-23(35)17-15-22/h11-17,19,25-26,35H,18H2,1-10H3,(H,32,38)(H,33,36). The first-order chi connectivity index (χ1) is 17.9. The van der Waals surface area contributed by atoms with E-state index in [2.05, 4.69) is 10.6 Å². The predicted molar refractivity (Wildman–Crippen MR) is 154 cm³/mol. The van der Waals surface area contributed by atoms with Crippen LogP contribution in [0.5, 0.6) is 5.75 Å². The highest BCUT2D eigenvalue weighted by Crippen LogP contribution is 2.30. The maximum absolute atomic E-state index is 14.4. The predicted octanol–water partition coefficient (Wildman–Crippen LogP) is 5.34. The molecule has 2 aromatic carbocycles. The summed E-state index contributed by atoms with van der Waals surface area (Å²) < 4.78 is 5.47. The summed E-state index contributed by atoms with van der Waals surface area (Å²) in [5.41, 5.74) is 2.08. The van der Waals surface area contributed by atoms with Gasteiger partial charge in [-0.1, -0.05) is 30.3 Å². The minimum atomic E-state index is -1.03. The van der Waals surface area contributed by atoms with Crippen LogP contribution in [0.2, 0.25) is 0 Å². The summed E-state index contributed by atoms with van der Waals surface area (Å²) in [4.78, 5) is 42.6. The molecule has 0 saturated carbocycles. The Morgan fingerprint density at radius 2 is 1.54 bits per heavy atom. The first-order valence-corrected chi connectivity index (χ1v) is 13.4. The van der Waals surface area contributed by atoms with Crippen LogP contribution in [0.15, 0.2) is 42.5 Å². The molecular weight excluding hydrogens is 494 g/mol. The van der Waals surface area contributed by atoms with Crippen molar-refractivity contribution in [1.29, 1.82) is 0 Å². The monoisotopic (exact) mass is 539 g/mol. The summed E-state index contributed by atoms with van der Waals surface area (Å²) in [6, 6.07) is 9.83. The van der Waals surface area contributed by atoms with Crippen molar-refractivity contribution < 1.29 is 24.2 Å². The van der Waals surface area contributed by atoms with Crippen molar-refractivity contribution in [3.8, 4) is 5.75 Å². The van der Waals surface area contributed by atoms with E-state index in [0.717, 1.165) is 22.3 Å². The molecule has 0 fully saturated rings. The third-order valence-corrected chi connectivity index (χ3v) is 6.14. The summed E-state index contributed by atoms with van der Waals surface area (Å²) in [6.07, 6.45) is -0.590. The molecule has 8 nitrogen and oxygen atoms in total. The van der Waals surface area contributed by atoms with E-state index < -0.39 is 35.2 Å². The second-order valence-corrected chi connectivity index (χ2v) is 12.3. The number of phenols is 1. The van der Waals surface area contributed by atoms with Gasteiger partial charge in [0, 0.05) is 18.0 Å². The van der Waals surface area contributed by atoms with Crippen LogP contribution in [-0.4, -0.2) is 51.1 Å². The van der Waals surface area contributed by atoms with Crippen LogP contribution in [0, 0.1) is 13.8 Å².